The number of hydrogen-bond acceptors (Lipinski definition) is 5. The third-order valence-corrected chi connectivity index (χ3v) is 4.78. The fourth-order valence-corrected chi connectivity index (χ4v) is 2.97. The van der Waals surface area contributed by atoms with Crippen LogP contribution in [0.15, 0.2) is 29.4 Å². The topological polar surface area (TPSA) is 65.0 Å². The summed E-state index contributed by atoms with van der Waals surface area (Å²) in [6.07, 6.45) is 4.97. The van der Waals surface area contributed by atoms with Crippen LogP contribution in [0.1, 0.15) is 51.0 Å². The van der Waals surface area contributed by atoms with E-state index in [1.807, 2.05) is 0 Å². The first-order chi connectivity index (χ1) is 12.2. The molecule has 1 rings (SSSR count). The number of halogens is 3. The molecule has 0 aliphatic heterocycles. The highest BCUT2D eigenvalue weighted by Crippen LogP contribution is 2.31. The Bertz CT molecular complexity index is 676. The van der Waals surface area contributed by atoms with E-state index in [9.17, 15) is 21.6 Å². The van der Waals surface area contributed by atoms with Crippen molar-refractivity contribution in [3.63, 3.8) is 0 Å². The Balaban J connectivity index is 2.61. The van der Waals surface area contributed by atoms with Gasteiger partial charge in [0, 0.05) is 5.56 Å². The van der Waals surface area contributed by atoms with Gasteiger partial charge >= 0.3 is 22.0 Å². The molecule has 0 saturated heterocycles. The molecule has 0 aromatic heterocycles. The molecule has 0 N–H and O–H groups in total. The average molecular weight is 395 g/mol. The Morgan fingerprint density at radius 3 is 2.23 bits per heavy atom. The quantitative estimate of drug-likeness (QED) is 0.290. The van der Waals surface area contributed by atoms with E-state index < -0.39 is 33.3 Å². The minimum atomic E-state index is -4.20. The van der Waals surface area contributed by atoms with E-state index in [4.69, 9.17) is 4.74 Å². The minimum absolute atomic E-state index is 0.304. The smallest absolute Gasteiger partial charge is 0.344 e. The maximum Gasteiger partial charge on any atom is 0.344 e. The number of nitrogens with zero attached hydrogens (tertiary/aromatic N) is 1. The first-order valence-corrected chi connectivity index (χ1v) is 9.98. The summed E-state index contributed by atoms with van der Waals surface area (Å²) in [5.74, 6) is -6.42. The highest BCUT2D eigenvalue weighted by molar-refractivity contribution is 7.86. The molecule has 1 aromatic rings. The zero-order valence-electron chi connectivity index (χ0n) is 14.9. The van der Waals surface area contributed by atoms with Crippen LogP contribution in [0.5, 0.6) is 5.75 Å². The van der Waals surface area contributed by atoms with Gasteiger partial charge in [0.05, 0.1) is 12.9 Å². The van der Waals surface area contributed by atoms with Gasteiger partial charge in [0.2, 0.25) is 0 Å². The van der Waals surface area contributed by atoms with Gasteiger partial charge in [0.25, 0.3) is 0 Å². The van der Waals surface area contributed by atoms with Crippen molar-refractivity contribution in [2.24, 2.45) is 5.16 Å². The Hall–Kier alpha value is -1.77. The van der Waals surface area contributed by atoms with Crippen LogP contribution in [0.2, 0.25) is 0 Å². The zero-order valence-corrected chi connectivity index (χ0v) is 15.7. The number of benzene rings is 1. The standard InChI is InChI=1S/C17H24F3NO4S/c1-3-4-5-6-7-8-13-26(22,23)25-21-16(18)17(19,20)14-9-11-15(24-2)12-10-14/h9-12H,3-8,13H2,1-2H3. The molecule has 9 heteroatoms. The summed E-state index contributed by atoms with van der Waals surface area (Å²) in [7, 11) is -2.84. The number of ether oxygens (including phenoxy) is 1. The Morgan fingerprint density at radius 1 is 1.08 bits per heavy atom. The fraction of sp³-hybridized carbons (Fsp3) is 0.588. The number of unbranched alkanes of at least 4 members (excludes halogenated alkanes) is 5. The summed E-state index contributed by atoms with van der Waals surface area (Å²) < 4.78 is 73.7. The second kappa shape index (κ2) is 10.4. The van der Waals surface area contributed by atoms with Crippen LogP contribution in [0.25, 0.3) is 0 Å². The van der Waals surface area contributed by atoms with Crippen molar-refractivity contribution in [3.8, 4) is 5.75 Å². The summed E-state index contributed by atoms with van der Waals surface area (Å²) in [5, 5.41) is 2.50. The number of oxime groups is 1. The van der Waals surface area contributed by atoms with Gasteiger partial charge < -0.3 is 4.74 Å². The van der Waals surface area contributed by atoms with Gasteiger partial charge in [0.1, 0.15) is 5.75 Å². The predicted molar refractivity (Wildman–Crippen MR) is 93.7 cm³/mol. The van der Waals surface area contributed by atoms with Crippen molar-refractivity contribution in [1.82, 2.24) is 0 Å². The third-order valence-electron chi connectivity index (χ3n) is 3.69. The number of methoxy groups -OCH3 is 1. The van der Waals surface area contributed by atoms with Crippen LogP contribution < -0.4 is 4.74 Å². The molecule has 0 bridgehead atoms. The lowest BCUT2D eigenvalue weighted by Crippen LogP contribution is -2.23. The van der Waals surface area contributed by atoms with Crippen LogP contribution >= 0.6 is 0 Å². The van der Waals surface area contributed by atoms with E-state index in [0.717, 1.165) is 37.8 Å². The van der Waals surface area contributed by atoms with E-state index in [-0.39, 0.29) is 0 Å². The molecule has 0 unspecified atom stereocenters. The summed E-state index contributed by atoms with van der Waals surface area (Å²) >= 11 is 0. The molecule has 0 spiro atoms. The first-order valence-electron chi connectivity index (χ1n) is 8.40. The lowest BCUT2D eigenvalue weighted by molar-refractivity contribution is 0.0597. The van der Waals surface area contributed by atoms with Crippen LogP contribution in [0.3, 0.4) is 0 Å². The van der Waals surface area contributed by atoms with E-state index in [1.54, 1.807) is 0 Å². The van der Waals surface area contributed by atoms with Gasteiger partial charge in [-0.1, -0.05) is 39.0 Å². The molecule has 0 heterocycles. The second-order valence-corrected chi connectivity index (χ2v) is 7.46. The van der Waals surface area contributed by atoms with Crippen LogP contribution in [-0.2, 0) is 20.3 Å². The Morgan fingerprint density at radius 2 is 1.65 bits per heavy atom. The number of rotatable bonds is 12. The first kappa shape index (κ1) is 22.3. The van der Waals surface area contributed by atoms with E-state index in [1.165, 1.54) is 19.2 Å². The van der Waals surface area contributed by atoms with E-state index >= 15 is 0 Å². The molecule has 0 aliphatic carbocycles. The molecule has 1 aromatic carbocycles. The molecule has 0 atom stereocenters. The molecule has 0 fully saturated rings. The van der Waals surface area contributed by atoms with Gasteiger partial charge in [-0.3, -0.25) is 4.28 Å². The summed E-state index contributed by atoms with van der Waals surface area (Å²) in [6, 6.07) is 4.37. The predicted octanol–water partition coefficient (Wildman–Crippen LogP) is 4.78. The monoisotopic (exact) mass is 395 g/mol. The Labute approximate surface area is 152 Å². The number of alkyl halides is 2. The second-order valence-electron chi connectivity index (χ2n) is 5.79. The van der Waals surface area contributed by atoms with Crippen molar-refractivity contribution in [2.75, 3.05) is 12.9 Å². The molecule has 26 heavy (non-hydrogen) atoms. The van der Waals surface area contributed by atoms with Gasteiger partial charge in [-0.05, 0) is 35.8 Å². The van der Waals surface area contributed by atoms with Crippen molar-refractivity contribution in [1.29, 1.82) is 0 Å². The van der Waals surface area contributed by atoms with Crippen molar-refractivity contribution in [2.45, 2.75) is 51.4 Å². The summed E-state index contributed by atoms with van der Waals surface area (Å²) in [6.45, 7) is 2.06. The summed E-state index contributed by atoms with van der Waals surface area (Å²) in [4.78, 5) is 0. The minimum Gasteiger partial charge on any atom is -0.497 e. The molecular weight excluding hydrogens is 371 g/mol. The van der Waals surface area contributed by atoms with Gasteiger partial charge in [-0.25, -0.2) is 0 Å². The molecule has 0 aliphatic rings. The maximum absolute atomic E-state index is 14.0. The molecule has 148 valence electrons. The highest BCUT2D eigenvalue weighted by Gasteiger charge is 2.40. The normalized spacial score (nSPS) is 12.9. The van der Waals surface area contributed by atoms with Crippen molar-refractivity contribution < 1.29 is 30.6 Å². The third kappa shape index (κ3) is 7.23. The highest BCUT2D eigenvalue weighted by atomic mass is 32.2. The molecule has 0 radical (unpaired) electrons. The summed E-state index contributed by atoms with van der Waals surface area (Å²) in [5.41, 5.74) is -0.698. The molecular formula is C17H24F3NO4S. The van der Waals surface area contributed by atoms with Gasteiger partial charge in [0.15, 0.2) is 0 Å². The lowest BCUT2D eigenvalue weighted by atomic mass is 10.1. The van der Waals surface area contributed by atoms with Crippen molar-refractivity contribution >= 4 is 16.1 Å². The molecule has 0 amide bonds. The number of hydrogen-bond donors (Lipinski definition) is 0. The van der Waals surface area contributed by atoms with E-state index in [0.29, 0.717) is 18.6 Å². The van der Waals surface area contributed by atoms with Crippen molar-refractivity contribution in [3.05, 3.63) is 29.8 Å². The lowest BCUT2D eigenvalue weighted by Gasteiger charge is -2.13. The van der Waals surface area contributed by atoms with Gasteiger partial charge in [-0.15, -0.1) is 0 Å². The fourth-order valence-electron chi connectivity index (χ4n) is 2.16. The average Bonchev–Trinajstić information content (AvgIpc) is 2.62. The van der Waals surface area contributed by atoms with Gasteiger partial charge in [-0.2, -0.15) is 21.6 Å². The Kier molecular flexibility index (Phi) is 8.91. The zero-order chi connectivity index (χ0) is 19.6. The largest absolute Gasteiger partial charge is 0.497 e. The SMILES string of the molecule is CCCCCCCCS(=O)(=O)ON=C(F)C(F)(F)c1ccc(OC)cc1. The van der Waals surface area contributed by atoms with E-state index in [2.05, 4.69) is 16.4 Å². The molecule has 0 saturated carbocycles. The molecule has 5 nitrogen and oxygen atoms in total. The van der Waals surface area contributed by atoms with Crippen LogP contribution in [0.4, 0.5) is 13.2 Å². The maximum atomic E-state index is 14.0. The van der Waals surface area contributed by atoms with Crippen LogP contribution in [-0.4, -0.2) is 27.2 Å². The van der Waals surface area contributed by atoms with Crippen LogP contribution in [0, 0.1) is 0 Å².